The zero-order valence-electron chi connectivity index (χ0n) is 12.4. The highest BCUT2D eigenvalue weighted by atomic mass is 16.2. The van der Waals surface area contributed by atoms with Gasteiger partial charge in [-0.25, -0.2) is 0 Å². The van der Waals surface area contributed by atoms with Gasteiger partial charge in [-0.15, -0.1) is 0 Å². The van der Waals surface area contributed by atoms with Gasteiger partial charge < -0.3 is 10.6 Å². The smallest absolute Gasteiger partial charge is 0.237 e. The molecule has 1 saturated heterocycles. The highest BCUT2D eigenvalue weighted by Crippen LogP contribution is 2.16. The first kappa shape index (κ1) is 15.4. The minimum absolute atomic E-state index is 0.256. The lowest BCUT2D eigenvalue weighted by atomic mass is 9.97. The summed E-state index contributed by atoms with van der Waals surface area (Å²) in [5.74, 6) is 0.911. The van der Waals surface area contributed by atoms with Gasteiger partial charge in [-0.2, -0.15) is 0 Å². The Morgan fingerprint density at radius 2 is 1.72 bits per heavy atom. The third-order valence-electron chi connectivity index (χ3n) is 3.80. The second kappa shape index (κ2) is 7.10. The highest BCUT2D eigenvalue weighted by molar-refractivity contribution is 5.78. The molecule has 106 valence electrons. The summed E-state index contributed by atoms with van der Waals surface area (Å²) in [5.41, 5.74) is 5.68. The summed E-state index contributed by atoms with van der Waals surface area (Å²) in [6.45, 7) is 11.7. The molecular formula is C14H29N3O. The fourth-order valence-electron chi connectivity index (χ4n) is 2.83. The van der Waals surface area contributed by atoms with Crippen molar-refractivity contribution < 1.29 is 4.79 Å². The van der Waals surface area contributed by atoms with Crippen LogP contribution in [0.15, 0.2) is 0 Å². The zero-order valence-corrected chi connectivity index (χ0v) is 12.4. The van der Waals surface area contributed by atoms with Crippen molar-refractivity contribution in [3.05, 3.63) is 0 Å². The van der Waals surface area contributed by atoms with Gasteiger partial charge in [0, 0.05) is 12.1 Å². The van der Waals surface area contributed by atoms with Crippen molar-refractivity contribution in [1.29, 1.82) is 0 Å². The van der Waals surface area contributed by atoms with Gasteiger partial charge in [-0.1, -0.05) is 0 Å². The van der Waals surface area contributed by atoms with Crippen molar-refractivity contribution in [1.82, 2.24) is 9.80 Å². The molecule has 0 aromatic carbocycles. The van der Waals surface area contributed by atoms with Crippen LogP contribution < -0.4 is 5.73 Å². The van der Waals surface area contributed by atoms with Crippen molar-refractivity contribution in [2.45, 2.75) is 52.6 Å². The number of carbonyl (C=O) groups excluding carboxylic acids is 1. The minimum Gasteiger partial charge on any atom is -0.337 e. The van der Waals surface area contributed by atoms with E-state index in [1.807, 2.05) is 4.90 Å². The maximum Gasteiger partial charge on any atom is 0.237 e. The molecular weight excluding hydrogens is 226 g/mol. The number of carbonyl (C=O) groups is 1. The third-order valence-corrected chi connectivity index (χ3v) is 3.80. The summed E-state index contributed by atoms with van der Waals surface area (Å²) in [6, 6.07) is 0.554. The molecule has 4 nitrogen and oxygen atoms in total. The fourth-order valence-corrected chi connectivity index (χ4v) is 2.83. The van der Waals surface area contributed by atoms with Crippen LogP contribution in [0.5, 0.6) is 0 Å². The Hall–Kier alpha value is -0.610. The van der Waals surface area contributed by atoms with Crippen molar-refractivity contribution >= 4 is 5.91 Å². The molecule has 0 bridgehead atoms. The number of hydrogen-bond acceptors (Lipinski definition) is 3. The molecule has 1 fully saturated rings. The average molecular weight is 255 g/mol. The lowest BCUT2D eigenvalue weighted by molar-refractivity contribution is -0.136. The normalized spacial score (nSPS) is 18.6. The topological polar surface area (TPSA) is 49.6 Å². The molecule has 0 atom stereocenters. The number of amides is 1. The lowest BCUT2D eigenvalue weighted by Crippen LogP contribution is -2.48. The van der Waals surface area contributed by atoms with Crippen molar-refractivity contribution in [2.24, 2.45) is 11.7 Å². The van der Waals surface area contributed by atoms with E-state index >= 15 is 0 Å². The quantitative estimate of drug-likeness (QED) is 0.805. The fraction of sp³-hybridized carbons (Fsp3) is 0.929. The third kappa shape index (κ3) is 4.25. The van der Waals surface area contributed by atoms with Crippen LogP contribution in [0.1, 0.15) is 40.5 Å². The van der Waals surface area contributed by atoms with Crippen LogP contribution in [0.3, 0.4) is 0 Å². The Morgan fingerprint density at radius 1 is 1.22 bits per heavy atom. The molecule has 1 rings (SSSR count). The standard InChI is InChI=1S/C14H29N3O/c1-11(2)17(12(3)4)14(18)10-16-7-5-13(9-15)6-8-16/h11-13H,5-10,15H2,1-4H3. The molecule has 0 aliphatic carbocycles. The molecule has 0 aromatic heterocycles. The zero-order chi connectivity index (χ0) is 13.7. The van der Waals surface area contributed by atoms with E-state index < -0.39 is 0 Å². The van der Waals surface area contributed by atoms with Gasteiger partial charge in [0.15, 0.2) is 0 Å². The highest BCUT2D eigenvalue weighted by Gasteiger charge is 2.24. The van der Waals surface area contributed by atoms with E-state index in [-0.39, 0.29) is 18.0 Å². The molecule has 4 heteroatoms. The molecule has 0 saturated carbocycles. The van der Waals surface area contributed by atoms with E-state index in [0.29, 0.717) is 12.5 Å². The molecule has 2 N–H and O–H groups in total. The first-order valence-corrected chi connectivity index (χ1v) is 7.19. The monoisotopic (exact) mass is 255 g/mol. The molecule has 1 aliphatic rings. The van der Waals surface area contributed by atoms with Gasteiger partial charge in [0.25, 0.3) is 0 Å². The van der Waals surface area contributed by atoms with E-state index in [0.717, 1.165) is 32.5 Å². The van der Waals surface area contributed by atoms with Gasteiger partial charge in [-0.3, -0.25) is 9.69 Å². The first-order chi connectivity index (χ1) is 8.45. The van der Waals surface area contributed by atoms with Gasteiger partial charge in [0.2, 0.25) is 5.91 Å². The Bertz CT molecular complexity index is 250. The Morgan fingerprint density at radius 3 is 2.11 bits per heavy atom. The van der Waals surface area contributed by atoms with E-state index in [1.165, 1.54) is 0 Å². The molecule has 0 spiro atoms. The second-order valence-electron chi connectivity index (χ2n) is 5.94. The maximum atomic E-state index is 12.3. The molecule has 1 amide bonds. The molecule has 18 heavy (non-hydrogen) atoms. The average Bonchev–Trinajstić information content (AvgIpc) is 2.28. The number of nitrogens with two attached hydrogens (primary N) is 1. The number of likely N-dealkylation sites (tertiary alicyclic amines) is 1. The van der Waals surface area contributed by atoms with Crippen LogP contribution in [0.2, 0.25) is 0 Å². The van der Waals surface area contributed by atoms with Crippen LogP contribution >= 0.6 is 0 Å². The van der Waals surface area contributed by atoms with E-state index in [4.69, 9.17) is 5.73 Å². The Balaban J connectivity index is 2.44. The SMILES string of the molecule is CC(C)N(C(=O)CN1CCC(CN)CC1)C(C)C. The molecule has 0 unspecified atom stereocenters. The van der Waals surface area contributed by atoms with Crippen molar-refractivity contribution in [3.63, 3.8) is 0 Å². The summed E-state index contributed by atoms with van der Waals surface area (Å²) in [4.78, 5) is 16.6. The number of nitrogens with zero attached hydrogens (tertiary/aromatic N) is 2. The summed E-state index contributed by atoms with van der Waals surface area (Å²) >= 11 is 0. The number of rotatable bonds is 5. The Kier molecular flexibility index (Phi) is 6.09. The van der Waals surface area contributed by atoms with Crippen molar-refractivity contribution in [2.75, 3.05) is 26.2 Å². The van der Waals surface area contributed by atoms with E-state index in [9.17, 15) is 4.79 Å². The van der Waals surface area contributed by atoms with Crippen molar-refractivity contribution in [3.8, 4) is 0 Å². The lowest BCUT2D eigenvalue weighted by Gasteiger charge is -2.35. The van der Waals surface area contributed by atoms with Gasteiger partial charge in [0.05, 0.1) is 6.54 Å². The molecule has 0 radical (unpaired) electrons. The molecule has 1 heterocycles. The van der Waals surface area contributed by atoms with Gasteiger partial charge >= 0.3 is 0 Å². The van der Waals surface area contributed by atoms with Gasteiger partial charge in [-0.05, 0) is 66.1 Å². The van der Waals surface area contributed by atoms with Gasteiger partial charge in [0.1, 0.15) is 0 Å². The number of piperidine rings is 1. The maximum absolute atomic E-state index is 12.3. The van der Waals surface area contributed by atoms with Crippen LogP contribution in [-0.4, -0.2) is 54.0 Å². The van der Waals surface area contributed by atoms with Crippen LogP contribution in [-0.2, 0) is 4.79 Å². The van der Waals surface area contributed by atoms with E-state index in [1.54, 1.807) is 0 Å². The minimum atomic E-state index is 0.256. The van der Waals surface area contributed by atoms with Crippen LogP contribution in [0, 0.1) is 5.92 Å². The van der Waals surface area contributed by atoms with Crippen LogP contribution in [0.4, 0.5) is 0 Å². The summed E-state index contributed by atoms with van der Waals surface area (Å²) in [6.07, 6.45) is 2.26. The number of hydrogen-bond donors (Lipinski definition) is 1. The summed E-state index contributed by atoms with van der Waals surface area (Å²) < 4.78 is 0. The predicted octanol–water partition coefficient (Wildman–Crippen LogP) is 1.30. The summed E-state index contributed by atoms with van der Waals surface area (Å²) in [7, 11) is 0. The first-order valence-electron chi connectivity index (χ1n) is 7.19. The predicted molar refractivity (Wildman–Crippen MR) is 75.3 cm³/mol. The molecule has 0 aromatic rings. The summed E-state index contributed by atoms with van der Waals surface area (Å²) in [5, 5.41) is 0. The molecule has 1 aliphatic heterocycles. The van der Waals surface area contributed by atoms with Crippen LogP contribution in [0.25, 0.3) is 0 Å². The van der Waals surface area contributed by atoms with E-state index in [2.05, 4.69) is 32.6 Å². The Labute approximate surface area is 111 Å². The largest absolute Gasteiger partial charge is 0.337 e. The second-order valence-corrected chi connectivity index (χ2v) is 5.94.